The summed E-state index contributed by atoms with van der Waals surface area (Å²) in [6, 6.07) is 1.86. The first-order valence-electron chi connectivity index (χ1n) is 5.59. The van der Waals surface area contributed by atoms with Gasteiger partial charge in [0.1, 0.15) is 16.5 Å². The predicted molar refractivity (Wildman–Crippen MR) is 63.1 cm³/mol. The van der Waals surface area contributed by atoms with Crippen molar-refractivity contribution in [1.29, 1.82) is 0 Å². The van der Waals surface area contributed by atoms with Gasteiger partial charge in [0.25, 0.3) is 0 Å². The summed E-state index contributed by atoms with van der Waals surface area (Å²) in [4.78, 5) is 13.1. The second kappa shape index (κ2) is 4.51. The van der Waals surface area contributed by atoms with Crippen LogP contribution in [0.4, 0.5) is 8.78 Å². The van der Waals surface area contributed by atoms with Crippen molar-refractivity contribution >= 4 is 15.9 Å². The molecule has 1 aromatic rings. The number of benzene rings is 1. The van der Waals surface area contributed by atoms with E-state index in [0.29, 0.717) is 12.8 Å². The molecule has 0 aromatic heterocycles. The summed E-state index contributed by atoms with van der Waals surface area (Å²) in [6.45, 7) is 0. The second-order valence-electron chi connectivity index (χ2n) is 4.63. The molecule has 0 unspecified atom stereocenters. The number of nitrogens with zero attached hydrogens (tertiary/aromatic N) is 1. The molecule has 0 spiro atoms. The molecule has 102 valence electrons. The normalized spacial score (nSPS) is 17.4. The molecule has 7 heteroatoms. The van der Waals surface area contributed by atoms with Crippen molar-refractivity contribution in [2.45, 2.75) is 29.7 Å². The van der Waals surface area contributed by atoms with E-state index >= 15 is 0 Å². The van der Waals surface area contributed by atoms with Gasteiger partial charge in [0, 0.05) is 6.26 Å². The van der Waals surface area contributed by atoms with Crippen molar-refractivity contribution in [3.63, 3.8) is 0 Å². The third kappa shape index (κ3) is 2.31. The van der Waals surface area contributed by atoms with E-state index in [1.165, 1.54) is 6.08 Å². The Morgan fingerprint density at radius 3 is 2.11 bits per heavy atom. The van der Waals surface area contributed by atoms with Crippen LogP contribution in [0.2, 0.25) is 0 Å². The predicted octanol–water partition coefficient (Wildman–Crippen LogP) is 2.08. The number of sulfone groups is 1. The van der Waals surface area contributed by atoms with Crippen LogP contribution in [0.15, 0.2) is 22.0 Å². The lowest BCUT2D eigenvalue weighted by atomic mass is 9.72. The maximum atomic E-state index is 13.8. The summed E-state index contributed by atoms with van der Waals surface area (Å²) in [5.41, 5.74) is -0.788. The molecule has 0 N–H and O–H groups in total. The largest absolute Gasteiger partial charge is 0.235 e. The Morgan fingerprint density at radius 2 is 1.79 bits per heavy atom. The smallest absolute Gasteiger partial charge is 0.224 e. The van der Waals surface area contributed by atoms with Gasteiger partial charge in [-0.05, 0) is 37.0 Å². The zero-order chi connectivity index (χ0) is 14.3. The SMILES string of the molecule is CS(=O)(=O)c1c(F)cc(C2(N=C=O)CCC2)cc1F. The van der Waals surface area contributed by atoms with Gasteiger partial charge in [-0.2, -0.15) is 4.99 Å². The summed E-state index contributed by atoms with van der Waals surface area (Å²) < 4.78 is 50.1. The van der Waals surface area contributed by atoms with Gasteiger partial charge >= 0.3 is 0 Å². The van der Waals surface area contributed by atoms with Crippen LogP contribution in [-0.2, 0) is 20.2 Å². The van der Waals surface area contributed by atoms with E-state index in [9.17, 15) is 22.0 Å². The molecule has 0 saturated heterocycles. The van der Waals surface area contributed by atoms with Gasteiger partial charge in [-0.15, -0.1) is 0 Å². The first-order valence-corrected chi connectivity index (χ1v) is 7.48. The molecule has 0 atom stereocenters. The number of aliphatic imine (C=N–C) groups is 1. The van der Waals surface area contributed by atoms with E-state index in [-0.39, 0.29) is 5.56 Å². The number of carbonyl (C=O) groups excluding carboxylic acids is 1. The number of rotatable bonds is 3. The molecule has 0 aliphatic heterocycles. The summed E-state index contributed by atoms with van der Waals surface area (Å²) in [7, 11) is -3.99. The lowest BCUT2D eigenvalue weighted by Gasteiger charge is -2.37. The number of hydrogen-bond donors (Lipinski definition) is 0. The molecule has 0 bridgehead atoms. The standard InChI is InChI=1S/C12H11F2NO3S/c1-19(17,18)11-9(13)5-8(6-10(11)14)12(15-7-16)3-2-4-12/h5-6H,2-4H2,1H3. The zero-order valence-electron chi connectivity index (χ0n) is 10.1. The highest BCUT2D eigenvalue weighted by atomic mass is 32.2. The first kappa shape index (κ1) is 13.8. The van der Waals surface area contributed by atoms with Crippen LogP contribution in [0, 0.1) is 11.6 Å². The third-order valence-corrected chi connectivity index (χ3v) is 4.48. The molecule has 1 fully saturated rings. The molecule has 1 saturated carbocycles. The average molecular weight is 287 g/mol. The zero-order valence-corrected chi connectivity index (χ0v) is 10.9. The molecule has 0 heterocycles. The molecular weight excluding hydrogens is 276 g/mol. The summed E-state index contributed by atoms with van der Waals surface area (Å²) in [5.74, 6) is -2.32. The minimum Gasteiger partial charge on any atom is -0.224 e. The highest BCUT2D eigenvalue weighted by Gasteiger charge is 2.40. The minimum absolute atomic E-state index is 0.171. The molecule has 1 aromatic carbocycles. The topological polar surface area (TPSA) is 63.6 Å². The van der Waals surface area contributed by atoms with E-state index in [2.05, 4.69) is 4.99 Å². The Kier molecular flexibility index (Phi) is 3.28. The molecule has 19 heavy (non-hydrogen) atoms. The van der Waals surface area contributed by atoms with Crippen molar-refractivity contribution in [1.82, 2.24) is 0 Å². The highest BCUT2D eigenvalue weighted by Crippen LogP contribution is 2.45. The number of halogens is 2. The third-order valence-electron chi connectivity index (χ3n) is 3.35. The van der Waals surface area contributed by atoms with Crippen LogP contribution < -0.4 is 0 Å². The van der Waals surface area contributed by atoms with Gasteiger partial charge < -0.3 is 0 Å². The van der Waals surface area contributed by atoms with E-state index in [1.54, 1.807) is 0 Å². The van der Waals surface area contributed by atoms with Crippen molar-refractivity contribution in [3.8, 4) is 0 Å². The number of hydrogen-bond acceptors (Lipinski definition) is 4. The molecular formula is C12H11F2NO3S. The van der Waals surface area contributed by atoms with E-state index < -0.39 is 31.9 Å². The van der Waals surface area contributed by atoms with Crippen LogP contribution in [0.25, 0.3) is 0 Å². The van der Waals surface area contributed by atoms with E-state index in [4.69, 9.17) is 0 Å². The highest BCUT2D eigenvalue weighted by molar-refractivity contribution is 7.90. The first-order chi connectivity index (χ1) is 8.80. The lowest BCUT2D eigenvalue weighted by Crippen LogP contribution is -2.32. The fraction of sp³-hybridized carbons (Fsp3) is 0.417. The average Bonchev–Trinajstić information content (AvgIpc) is 2.20. The van der Waals surface area contributed by atoms with Crippen LogP contribution in [-0.4, -0.2) is 20.8 Å². The lowest BCUT2D eigenvalue weighted by molar-refractivity contribution is 0.253. The Bertz CT molecular complexity index is 651. The van der Waals surface area contributed by atoms with Crippen LogP contribution in [0.5, 0.6) is 0 Å². The maximum Gasteiger partial charge on any atom is 0.235 e. The summed E-state index contributed by atoms with van der Waals surface area (Å²) in [6.07, 6.45) is 3.89. The van der Waals surface area contributed by atoms with E-state index in [1.807, 2.05) is 0 Å². The summed E-state index contributed by atoms with van der Waals surface area (Å²) in [5, 5.41) is 0. The van der Waals surface area contributed by atoms with Gasteiger partial charge in [-0.1, -0.05) is 0 Å². The van der Waals surface area contributed by atoms with Crippen molar-refractivity contribution in [3.05, 3.63) is 29.3 Å². The second-order valence-corrected chi connectivity index (χ2v) is 6.58. The quantitative estimate of drug-likeness (QED) is 0.631. The monoisotopic (exact) mass is 287 g/mol. The Balaban J connectivity index is 2.61. The van der Waals surface area contributed by atoms with Gasteiger partial charge in [0.2, 0.25) is 6.08 Å². The van der Waals surface area contributed by atoms with Crippen molar-refractivity contribution in [2.75, 3.05) is 6.26 Å². The maximum absolute atomic E-state index is 13.8. The van der Waals surface area contributed by atoms with E-state index in [0.717, 1.165) is 24.8 Å². The van der Waals surface area contributed by atoms with Gasteiger partial charge in [-0.25, -0.2) is 22.0 Å². The molecule has 1 aliphatic carbocycles. The van der Waals surface area contributed by atoms with Crippen LogP contribution in [0.1, 0.15) is 24.8 Å². The van der Waals surface area contributed by atoms with Gasteiger partial charge in [0.15, 0.2) is 9.84 Å². The Morgan fingerprint density at radius 1 is 1.26 bits per heavy atom. The Hall–Kier alpha value is -1.59. The fourth-order valence-corrected chi connectivity index (χ4v) is 3.07. The number of isocyanates is 1. The van der Waals surface area contributed by atoms with Gasteiger partial charge in [0.05, 0.1) is 5.54 Å². The van der Waals surface area contributed by atoms with Crippen LogP contribution in [0.3, 0.4) is 0 Å². The van der Waals surface area contributed by atoms with Crippen LogP contribution >= 0.6 is 0 Å². The summed E-state index contributed by atoms with van der Waals surface area (Å²) >= 11 is 0. The molecule has 2 rings (SSSR count). The minimum atomic E-state index is -3.99. The fourth-order valence-electron chi connectivity index (χ4n) is 2.25. The molecule has 0 amide bonds. The van der Waals surface area contributed by atoms with Gasteiger partial charge in [-0.3, -0.25) is 0 Å². The molecule has 0 radical (unpaired) electrons. The van der Waals surface area contributed by atoms with Crippen molar-refractivity contribution in [2.24, 2.45) is 4.99 Å². The molecule has 4 nitrogen and oxygen atoms in total. The Labute approximate surface area is 109 Å². The van der Waals surface area contributed by atoms with Crippen molar-refractivity contribution < 1.29 is 22.0 Å². The molecule has 1 aliphatic rings.